The monoisotopic (exact) mass is 810 g/mol. The number of aliphatic hydroxyl groups excluding tert-OH is 8. The molecule has 0 radical (unpaired) electrons. The highest BCUT2D eigenvalue weighted by Gasteiger charge is 2.74. The first-order valence-corrected chi connectivity index (χ1v) is 21.0. The Bertz CT molecular complexity index is 1580. The predicted octanol–water partition coefficient (Wildman–Crippen LogP) is 1.38. The van der Waals surface area contributed by atoms with Crippen LogP contribution in [-0.4, -0.2) is 139 Å². The van der Waals surface area contributed by atoms with Crippen LogP contribution in [0.3, 0.4) is 0 Å². The number of carbonyl (C=O) groups excluding carboxylic acids is 1. The van der Waals surface area contributed by atoms with Crippen molar-refractivity contribution in [2.45, 2.75) is 173 Å². The molecule has 6 fully saturated rings. The third-order valence-electron chi connectivity index (χ3n) is 17.0. The second-order valence-electron chi connectivity index (χ2n) is 20.5. The molecule has 0 aromatic heterocycles. The van der Waals surface area contributed by atoms with Crippen molar-refractivity contribution in [2.75, 3.05) is 13.2 Å². The Morgan fingerprint density at radius 2 is 1.30 bits per heavy atom. The van der Waals surface area contributed by atoms with E-state index in [9.17, 15) is 50.8 Å². The number of hydrogen-bond acceptors (Lipinski definition) is 14. The molecular formula is C42H66O15. The second kappa shape index (κ2) is 14.7. The van der Waals surface area contributed by atoms with Crippen molar-refractivity contribution < 1.29 is 74.5 Å². The Hall–Kier alpha value is -1.76. The standard InChI is InChI=1S/C42H66O15/c1-37(2)13-14-41(35(51)52)15-16-42(36(53)57-34-32(50)30(48)28(46)23(19-44)55-34)20(21(41)17-37)7-8-25-39(5)11-10-26(38(3,4)24(39)9-12-40(25,42)6)56-33-31(49)29(47)27(45)22(18-43)54-33/h7,21-34,43-50H,8-19H2,1-6H3,(H,51,52)/t21-,22+,23+,24?,25-,26-,27+,28+,29-,30-,31+,32+,33-,34?,39-,40+,41-,42+/m0/s1. The van der Waals surface area contributed by atoms with Crippen LogP contribution in [0.4, 0.5) is 0 Å². The van der Waals surface area contributed by atoms with Crippen molar-refractivity contribution in [3.8, 4) is 0 Å². The van der Waals surface area contributed by atoms with Gasteiger partial charge in [-0.3, -0.25) is 9.59 Å². The van der Waals surface area contributed by atoms with Gasteiger partial charge in [-0.15, -0.1) is 0 Å². The zero-order valence-electron chi connectivity index (χ0n) is 34.1. The van der Waals surface area contributed by atoms with Gasteiger partial charge in [0.15, 0.2) is 6.29 Å². The minimum absolute atomic E-state index is 0.0375. The summed E-state index contributed by atoms with van der Waals surface area (Å²) in [5.41, 5.74) is -3.48. The zero-order chi connectivity index (χ0) is 41.8. The molecule has 0 aromatic rings. The first-order valence-electron chi connectivity index (χ1n) is 21.0. The number of aliphatic carboxylic acids is 1. The third-order valence-corrected chi connectivity index (χ3v) is 17.0. The van der Waals surface area contributed by atoms with E-state index in [4.69, 9.17) is 18.9 Å². The summed E-state index contributed by atoms with van der Waals surface area (Å²) in [6.45, 7) is 11.6. The number of carbonyl (C=O) groups is 2. The SMILES string of the molecule is CC1(C)CC[C@]2(C(=O)O)CC[C@]3(C(=O)OC4O[C@H](CO)[C@@H](O)[C@H](O)[C@H]4O)C(=CC[C@H]4[C@@]5(C)CC[C@H](O[C@@H]6O[C@H](CO)[C@@H](O)[C@H](O)[C@H]6O)C(C)(C)C5CC[C@]43C)[C@@H]2C1. The number of carboxylic acids is 1. The van der Waals surface area contributed by atoms with E-state index in [1.165, 1.54) is 0 Å². The Morgan fingerprint density at radius 3 is 1.89 bits per heavy atom. The van der Waals surface area contributed by atoms with E-state index in [-0.39, 0.29) is 35.5 Å². The average molecular weight is 811 g/mol. The molecule has 2 unspecified atom stereocenters. The number of esters is 1. The molecule has 2 aliphatic heterocycles. The molecule has 15 heteroatoms. The van der Waals surface area contributed by atoms with Crippen molar-refractivity contribution in [1.29, 1.82) is 0 Å². The molecule has 5 aliphatic carbocycles. The van der Waals surface area contributed by atoms with E-state index < -0.39 is 120 Å². The summed E-state index contributed by atoms with van der Waals surface area (Å²) in [6, 6.07) is 0. The van der Waals surface area contributed by atoms with Crippen molar-refractivity contribution in [1.82, 2.24) is 0 Å². The normalized spacial score (nSPS) is 51.6. The molecule has 4 saturated carbocycles. The highest BCUT2D eigenvalue weighted by Crippen LogP contribution is 2.76. The number of aliphatic hydroxyl groups is 8. The quantitative estimate of drug-likeness (QED) is 0.100. The van der Waals surface area contributed by atoms with E-state index in [1.54, 1.807) is 0 Å². The van der Waals surface area contributed by atoms with E-state index in [0.717, 1.165) is 12.0 Å². The fourth-order valence-electron chi connectivity index (χ4n) is 13.7. The Balaban J connectivity index is 1.27. The molecule has 15 nitrogen and oxygen atoms in total. The number of rotatable bonds is 7. The summed E-state index contributed by atoms with van der Waals surface area (Å²) in [5.74, 6) is -2.07. The lowest BCUT2D eigenvalue weighted by Gasteiger charge is -2.70. The third kappa shape index (κ3) is 6.30. The van der Waals surface area contributed by atoms with E-state index in [0.29, 0.717) is 44.9 Å². The number of allylic oxidation sites excluding steroid dienone is 1. The van der Waals surface area contributed by atoms with Gasteiger partial charge in [-0.25, -0.2) is 0 Å². The zero-order valence-corrected chi connectivity index (χ0v) is 34.1. The predicted molar refractivity (Wildman–Crippen MR) is 200 cm³/mol. The van der Waals surface area contributed by atoms with Crippen LogP contribution < -0.4 is 0 Å². The lowest BCUT2D eigenvalue weighted by molar-refractivity contribution is -0.330. The van der Waals surface area contributed by atoms with Gasteiger partial charge in [0.2, 0.25) is 6.29 Å². The highest BCUT2D eigenvalue weighted by atomic mass is 16.7. The van der Waals surface area contributed by atoms with Crippen LogP contribution in [0.5, 0.6) is 0 Å². The van der Waals surface area contributed by atoms with Crippen molar-refractivity contribution in [3.63, 3.8) is 0 Å². The van der Waals surface area contributed by atoms with Gasteiger partial charge in [0, 0.05) is 0 Å². The highest BCUT2D eigenvalue weighted by molar-refractivity contribution is 5.85. The molecule has 7 rings (SSSR count). The molecule has 57 heavy (non-hydrogen) atoms. The smallest absolute Gasteiger partial charge is 0.319 e. The number of hydrogen-bond donors (Lipinski definition) is 9. The molecular weight excluding hydrogens is 744 g/mol. The molecule has 7 aliphatic rings. The Morgan fingerprint density at radius 1 is 0.719 bits per heavy atom. The fourth-order valence-corrected chi connectivity index (χ4v) is 13.7. The van der Waals surface area contributed by atoms with Crippen LogP contribution >= 0.6 is 0 Å². The van der Waals surface area contributed by atoms with Crippen molar-refractivity contribution in [3.05, 3.63) is 11.6 Å². The van der Waals surface area contributed by atoms with Crippen LogP contribution in [0.2, 0.25) is 0 Å². The minimum atomic E-state index is -1.80. The molecule has 9 N–H and O–H groups in total. The van der Waals surface area contributed by atoms with Gasteiger partial charge in [0.25, 0.3) is 0 Å². The lowest BCUT2D eigenvalue weighted by atomic mass is 9.33. The molecule has 0 spiro atoms. The molecule has 2 saturated heterocycles. The minimum Gasteiger partial charge on any atom is -0.481 e. The van der Waals surface area contributed by atoms with Gasteiger partial charge in [-0.2, -0.15) is 0 Å². The largest absolute Gasteiger partial charge is 0.481 e. The number of fused-ring (bicyclic) bond motifs is 7. The first kappa shape index (κ1) is 43.3. The molecule has 2 heterocycles. The first-order chi connectivity index (χ1) is 26.6. The van der Waals surface area contributed by atoms with Gasteiger partial charge >= 0.3 is 11.9 Å². The van der Waals surface area contributed by atoms with Gasteiger partial charge in [-0.05, 0) is 104 Å². The fraction of sp³-hybridized carbons (Fsp3) is 0.905. The van der Waals surface area contributed by atoms with Gasteiger partial charge < -0.3 is 64.9 Å². The summed E-state index contributed by atoms with van der Waals surface area (Å²) >= 11 is 0. The van der Waals surface area contributed by atoms with Gasteiger partial charge in [-0.1, -0.05) is 53.2 Å². The van der Waals surface area contributed by atoms with E-state index in [1.807, 2.05) is 0 Å². The van der Waals surface area contributed by atoms with Crippen LogP contribution in [0, 0.1) is 50.2 Å². The summed E-state index contributed by atoms with van der Waals surface area (Å²) in [4.78, 5) is 28.8. The van der Waals surface area contributed by atoms with E-state index in [2.05, 4.69) is 47.6 Å². The molecule has 0 amide bonds. The molecule has 0 bridgehead atoms. The van der Waals surface area contributed by atoms with Crippen LogP contribution in [0.25, 0.3) is 0 Å². The summed E-state index contributed by atoms with van der Waals surface area (Å²) in [5, 5.41) is 94.5. The molecule has 18 atom stereocenters. The van der Waals surface area contributed by atoms with Crippen LogP contribution in [0.15, 0.2) is 11.6 Å². The van der Waals surface area contributed by atoms with Gasteiger partial charge in [0.1, 0.15) is 48.8 Å². The summed E-state index contributed by atoms with van der Waals surface area (Å²) < 4.78 is 24.1. The topological polar surface area (TPSA) is 253 Å². The van der Waals surface area contributed by atoms with Gasteiger partial charge in [0.05, 0.1) is 30.1 Å². The Kier molecular flexibility index (Phi) is 11.2. The number of carboxylic acid groups (broad SMARTS) is 1. The summed E-state index contributed by atoms with van der Waals surface area (Å²) in [6.07, 6.45) is -8.27. The maximum absolute atomic E-state index is 15.4. The number of ether oxygens (including phenoxy) is 4. The average Bonchev–Trinajstić information content (AvgIpc) is 3.15. The molecule has 0 aromatic carbocycles. The Labute approximate surface area is 334 Å². The van der Waals surface area contributed by atoms with Crippen LogP contribution in [0.1, 0.15) is 106 Å². The summed E-state index contributed by atoms with van der Waals surface area (Å²) in [7, 11) is 0. The van der Waals surface area contributed by atoms with Crippen molar-refractivity contribution >= 4 is 11.9 Å². The maximum atomic E-state index is 15.4. The van der Waals surface area contributed by atoms with Crippen molar-refractivity contribution in [2.24, 2.45) is 50.2 Å². The molecule has 324 valence electrons. The maximum Gasteiger partial charge on any atom is 0.319 e. The van der Waals surface area contributed by atoms with Crippen LogP contribution in [-0.2, 0) is 28.5 Å². The van der Waals surface area contributed by atoms with E-state index >= 15 is 4.79 Å². The second-order valence-corrected chi connectivity index (χ2v) is 20.5. The lowest BCUT2D eigenvalue weighted by Crippen LogP contribution is -2.68.